The number of nitrogen functional groups attached to an aromatic ring is 1. The van der Waals surface area contributed by atoms with Gasteiger partial charge < -0.3 is 44.8 Å². The minimum absolute atomic E-state index is 0.0651. The van der Waals surface area contributed by atoms with Crippen LogP contribution in [0.3, 0.4) is 0 Å². The van der Waals surface area contributed by atoms with Crippen LogP contribution in [0.25, 0.3) is 0 Å². The van der Waals surface area contributed by atoms with Crippen LogP contribution in [0.15, 0.2) is 75.7 Å². The number of nitrogens with one attached hydrogen (secondary N) is 3. The first-order chi connectivity index (χ1) is 25.2. The summed E-state index contributed by atoms with van der Waals surface area (Å²) in [4.78, 5) is 63.5. The summed E-state index contributed by atoms with van der Waals surface area (Å²) in [6.07, 6.45) is 4.21. The van der Waals surface area contributed by atoms with Crippen LogP contribution in [0.1, 0.15) is 34.6 Å². The number of carbonyl (C=O) groups excluding carboxylic acids is 2. The molecule has 2 saturated heterocycles. The lowest BCUT2D eigenvalue weighted by molar-refractivity contribution is 0.0514. The van der Waals surface area contributed by atoms with Crippen molar-refractivity contribution < 1.29 is 28.5 Å². The van der Waals surface area contributed by atoms with E-state index in [1.807, 2.05) is 36.4 Å². The maximum atomic E-state index is 12.0. The van der Waals surface area contributed by atoms with E-state index in [1.54, 1.807) is 20.1 Å². The van der Waals surface area contributed by atoms with E-state index in [9.17, 15) is 19.2 Å². The zero-order valence-electron chi connectivity index (χ0n) is 29.4. The van der Waals surface area contributed by atoms with Crippen molar-refractivity contribution in [1.29, 1.82) is 0 Å². The Kier molecular flexibility index (Phi) is 15.5. The Morgan fingerprint density at radius 1 is 0.769 bits per heavy atom. The molecule has 278 valence electrons. The molecule has 4 aromatic rings. The summed E-state index contributed by atoms with van der Waals surface area (Å²) >= 11 is 1.30. The van der Waals surface area contributed by atoms with Crippen LogP contribution in [0, 0.1) is 0 Å². The molecule has 2 aliphatic rings. The number of hydrogen-bond donors (Lipinski definition) is 4. The summed E-state index contributed by atoms with van der Waals surface area (Å²) in [5.74, 6) is -1.07. The monoisotopic (exact) mass is 736 g/mol. The van der Waals surface area contributed by atoms with Gasteiger partial charge in [0.15, 0.2) is 5.16 Å². The molecule has 0 unspecified atom stereocenters. The SMILES string of the molecule is CCOC(=O)c1cnc(Nc2ccc(N3CCOCC3)cc2)[nH]c1=O.CCOC(=O)c1cnc(SC)[nH]c1=O.Nc1ccc(N2CCOCC2)cc1. The molecule has 52 heavy (non-hydrogen) atoms. The van der Waals surface area contributed by atoms with E-state index in [2.05, 4.69) is 51.9 Å². The zero-order chi connectivity index (χ0) is 37.3. The normalized spacial score (nSPS) is 13.8. The molecule has 2 aromatic carbocycles. The number of aromatic nitrogens is 4. The Labute approximate surface area is 305 Å². The standard InChI is InChI=1S/C17H20N4O4.C10H14N2O.C8H10N2O3S/c1-2-25-16(23)14-11-18-17(20-15(14)22)19-12-3-5-13(6-4-12)21-7-9-24-10-8-21;11-9-1-3-10(4-2-9)12-5-7-13-8-6-12;1-3-13-7(12)5-4-9-8(14-2)10-6(5)11/h3-6,11H,2,7-10H2,1H3,(H2,18,19,20,22);1-4H,5-8,11H2;4H,3H2,1-2H3,(H,9,10,11). The van der Waals surface area contributed by atoms with Crippen LogP contribution < -0.4 is 32.0 Å². The molecule has 5 N–H and O–H groups in total. The van der Waals surface area contributed by atoms with E-state index in [-0.39, 0.29) is 30.3 Å². The van der Waals surface area contributed by atoms with Gasteiger partial charge >= 0.3 is 11.9 Å². The lowest BCUT2D eigenvalue weighted by Gasteiger charge is -2.28. The summed E-state index contributed by atoms with van der Waals surface area (Å²) in [5, 5.41) is 3.49. The van der Waals surface area contributed by atoms with Gasteiger partial charge in [0.05, 0.1) is 45.8 Å². The minimum Gasteiger partial charge on any atom is -0.462 e. The van der Waals surface area contributed by atoms with Crippen molar-refractivity contribution in [3.8, 4) is 0 Å². The van der Waals surface area contributed by atoms with E-state index >= 15 is 0 Å². The fourth-order valence-corrected chi connectivity index (χ4v) is 5.22. The Hall–Kier alpha value is -5.39. The number of H-pyrrole nitrogens is 2. The van der Waals surface area contributed by atoms with Crippen molar-refractivity contribution in [3.63, 3.8) is 0 Å². The zero-order valence-corrected chi connectivity index (χ0v) is 30.2. The molecule has 0 aliphatic carbocycles. The summed E-state index contributed by atoms with van der Waals surface area (Å²) in [7, 11) is 0. The number of benzene rings is 2. The van der Waals surface area contributed by atoms with Crippen LogP contribution in [-0.2, 0) is 18.9 Å². The van der Waals surface area contributed by atoms with Crippen molar-refractivity contribution in [3.05, 3.63) is 92.8 Å². The van der Waals surface area contributed by atoms with E-state index in [0.29, 0.717) is 5.16 Å². The van der Waals surface area contributed by atoms with Gasteiger partial charge in [0.2, 0.25) is 5.95 Å². The topological polar surface area (TPSA) is 207 Å². The molecule has 0 saturated carbocycles. The summed E-state index contributed by atoms with van der Waals surface area (Å²) in [6, 6.07) is 15.8. The average Bonchev–Trinajstić information content (AvgIpc) is 3.17. The molecular weight excluding hydrogens is 692 g/mol. The van der Waals surface area contributed by atoms with Crippen LogP contribution >= 0.6 is 11.8 Å². The molecule has 2 aromatic heterocycles. The van der Waals surface area contributed by atoms with Gasteiger partial charge in [-0.15, -0.1) is 0 Å². The number of thioether (sulfide) groups is 1. The molecule has 0 atom stereocenters. The number of ether oxygens (including phenoxy) is 4. The van der Waals surface area contributed by atoms with Crippen molar-refractivity contribution in [2.75, 3.05) is 92.9 Å². The molecule has 0 amide bonds. The maximum absolute atomic E-state index is 12.0. The van der Waals surface area contributed by atoms with E-state index < -0.39 is 23.1 Å². The second kappa shape index (κ2) is 20.5. The van der Waals surface area contributed by atoms with Crippen molar-refractivity contribution in [2.45, 2.75) is 19.0 Å². The highest BCUT2D eigenvalue weighted by Crippen LogP contribution is 2.21. The largest absolute Gasteiger partial charge is 0.462 e. The molecule has 16 nitrogen and oxygen atoms in total. The third kappa shape index (κ3) is 11.9. The van der Waals surface area contributed by atoms with Crippen LogP contribution in [0.5, 0.6) is 0 Å². The molecule has 2 aliphatic heterocycles. The predicted molar refractivity (Wildman–Crippen MR) is 200 cm³/mol. The number of nitrogens with two attached hydrogens (primary N) is 1. The van der Waals surface area contributed by atoms with Crippen molar-refractivity contribution in [1.82, 2.24) is 19.9 Å². The Bertz CT molecular complexity index is 1840. The number of rotatable bonds is 9. The molecule has 2 fully saturated rings. The summed E-state index contributed by atoms with van der Waals surface area (Å²) < 4.78 is 20.1. The van der Waals surface area contributed by atoms with Gasteiger partial charge in [-0.25, -0.2) is 19.6 Å². The number of carbonyl (C=O) groups is 2. The molecule has 17 heteroatoms. The molecule has 0 bridgehead atoms. The third-order valence-corrected chi connectivity index (χ3v) is 8.13. The number of hydrogen-bond acceptors (Lipinski definition) is 15. The highest BCUT2D eigenvalue weighted by molar-refractivity contribution is 7.98. The Morgan fingerprint density at radius 3 is 1.67 bits per heavy atom. The van der Waals surface area contributed by atoms with Gasteiger partial charge in [0.1, 0.15) is 11.1 Å². The van der Waals surface area contributed by atoms with Crippen LogP contribution in [0.4, 0.5) is 28.7 Å². The molecular formula is C35H44N8O8S. The van der Waals surface area contributed by atoms with Gasteiger partial charge in [0, 0.05) is 55.1 Å². The summed E-state index contributed by atoms with van der Waals surface area (Å²) in [5.41, 5.74) is 8.37. The van der Waals surface area contributed by atoms with E-state index in [0.717, 1.165) is 69.7 Å². The predicted octanol–water partition coefficient (Wildman–Crippen LogP) is 3.30. The third-order valence-electron chi connectivity index (χ3n) is 7.53. The first-order valence-corrected chi connectivity index (χ1v) is 17.9. The molecule has 4 heterocycles. The molecule has 0 radical (unpaired) electrons. The Balaban J connectivity index is 0.000000190. The van der Waals surface area contributed by atoms with E-state index in [1.165, 1.54) is 29.8 Å². The number of esters is 2. The van der Waals surface area contributed by atoms with E-state index in [4.69, 9.17) is 19.9 Å². The van der Waals surface area contributed by atoms with Crippen LogP contribution in [-0.4, -0.2) is 104 Å². The van der Waals surface area contributed by atoms with Crippen LogP contribution in [0.2, 0.25) is 0 Å². The van der Waals surface area contributed by atoms with Gasteiger partial charge in [-0.3, -0.25) is 14.6 Å². The highest BCUT2D eigenvalue weighted by atomic mass is 32.2. The fraction of sp³-hybridized carbons (Fsp3) is 0.371. The Morgan fingerprint density at radius 2 is 1.23 bits per heavy atom. The smallest absolute Gasteiger partial charge is 0.345 e. The number of anilines is 5. The van der Waals surface area contributed by atoms with Gasteiger partial charge in [-0.2, -0.15) is 0 Å². The first-order valence-electron chi connectivity index (χ1n) is 16.7. The quantitative estimate of drug-likeness (QED) is 0.0842. The summed E-state index contributed by atoms with van der Waals surface area (Å²) in [6.45, 7) is 10.6. The van der Waals surface area contributed by atoms with Gasteiger partial charge in [-0.05, 0) is 68.6 Å². The fourth-order valence-electron chi connectivity index (χ4n) is 4.87. The number of morpholine rings is 2. The minimum atomic E-state index is -0.683. The second-order valence-electron chi connectivity index (χ2n) is 11.0. The number of nitrogens with zero attached hydrogens (tertiary/aromatic N) is 4. The molecule has 0 spiro atoms. The van der Waals surface area contributed by atoms with Gasteiger partial charge in [0.25, 0.3) is 11.1 Å². The van der Waals surface area contributed by atoms with Crippen molar-refractivity contribution in [2.24, 2.45) is 0 Å². The second-order valence-corrected chi connectivity index (χ2v) is 11.8. The van der Waals surface area contributed by atoms with Crippen molar-refractivity contribution >= 4 is 52.4 Å². The first kappa shape index (κ1) is 39.4. The maximum Gasteiger partial charge on any atom is 0.345 e. The lowest BCUT2D eigenvalue weighted by atomic mass is 10.2. The highest BCUT2D eigenvalue weighted by Gasteiger charge is 2.15. The van der Waals surface area contributed by atoms with Gasteiger partial charge in [-0.1, -0.05) is 11.8 Å². The lowest BCUT2D eigenvalue weighted by Crippen LogP contribution is -2.36. The number of aromatic amines is 2. The average molecular weight is 737 g/mol. The molecule has 6 rings (SSSR count).